The maximum Gasteiger partial charge on any atom is 0.256 e. The fourth-order valence-electron chi connectivity index (χ4n) is 1.71. The Morgan fingerprint density at radius 3 is 2.70 bits per heavy atom. The fraction of sp³-hybridized carbons (Fsp3) is 0.0714. The highest BCUT2D eigenvalue weighted by Crippen LogP contribution is 2.35. The maximum absolute atomic E-state index is 12.3. The van der Waals surface area contributed by atoms with Crippen LogP contribution in [0.3, 0.4) is 0 Å². The molecule has 2 aromatic carbocycles. The second kappa shape index (κ2) is 6.15. The molecule has 2 aromatic rings. The van der Waals surface area contributed by atoms with Crippen molar-refractivity contribution >= 4 is 44.8 Å². The molecule has 0 aliphatic heterocycles. The summed E-state index contributed by atoms with van der Waals surface area (Å²) in [5.41, 5.74) is 7.04. The van der Waals surface area contributed by atoms with Crippen molar-refractivity contribution in [1.29, 1.82) is 0 Å². The van der Waals surface area contributed by atoms with Gasteiger partial charge in [-0.2, -0.15) is 0 Å². The van der Waals surface area contributed by atoms with Crippen molar-refractivity contribution in [3.05, 3.63) is 51.5 Å². The molecule has 0 aliphatic rings. The number of carbonyl (C=O) groups excluding carboxylic acids is 1. The molecule has 1 amide bonds. The zero-order valence-corrected chi connectivity index (χ0v) is 13.0. The van der Waals surface area contributed by atoms with E-state index in [1.807, 2.05) is 6.07 Å². The Balaban J connectivity index is 2.35. The van der Waals surface area contributed by atoms with Gasteiger partial charge >= 0.3 is 0 Å². The number of nitrogens with two attached hydrogens (primary N) is 1. The molecule has 0 radical (unpaired) electrons. The lowest BCUT2D eigenvalue weighted by molar-refractivity contribution is 0.102. The van der Waals surface area contributed by atoms with Crippen LogP contribution >= 0.6 is 27.5 Å². The molecule has 0 atom stereocenters. The summed E-state index contributed by atoms with van der Waals surface area (Å²) in [6.45, 7) is 0. The van der Waals surface area contributed by atoms with Gasteiger partial charge in [0.25, 0.3) is 5.91 Å². The van der Waals surface area contributed by atoms with Gasteiger partial charge in [-0.15, -0.1) is 0 Å². The predicted octanol–water partition coefficient (Wildman–Crippen LogP) is 3.95. The van der Waals surface area contributed by atoms with E-state index >= 15 is 0 Å². The fourth-order valence-corrected chi connectivity index (χ4v) is 2.44. The Labute approximate surface area is 130 Å². The van der Waals surface area contributed by atoms with Crippen molar-refractivity contribution in [2.24, 2.45) is 0 Å². The van der Waals surface area contributed by atoms with E-state index in [2.05, 4.69) is 21.2 Å². The molecular formula is C14H12BrClN2O2. The number of hydrogen-bond donors (Lipinski definition) is 2. The van der Waals surface area contributed by atoms with Gasteiger partial charge in [-0.25, -0.2) is 0 Å². The number of benzene rings is 2. The quantitative estimate of drug-likeness (QED) is 0.820. The van der Waals surface area contributed by atoms with Gasteiger partial charge in [0.15, 0.2) is 0 Å². The summed E-state index contributed by atoms with van der Waals surface area (Å²) >= 11 is 9.43. The van der Waals surface area contributed by atoms with Crippen molar-refractivity contribution < 1.29 is 9.53 Å². The summed E-state index contributed by atoms with van der Waals surface area (Å²) in [5, 5.41) is 3.05. The van der Waals surface area contributed by atoms with Crippen LogP contribution in [0.1, 0.15) is 10.4 Å². The van der Waals surface area contributed by atoms with E-state index < -0.39 is 0 Å². The van der Waals surface area contributed by atoms with Crippen molar-refractivity contribution in [1.82, 2.24) is 0 Å². The van der Waals surface area contributed by atoms with Crippen LogP contribution in [0.2, 0.25) is 5.02 Å². The zero-order chi connectivity index (χ0) is 14.7. The third-order valence-electron chi connectivity index (χ3n) is 2.65. The molecule has 0 saturated carbocycles. The molecule has 0 aromatic heterocycles. The van der Waals surface area contributed by atoms with Gasteiger partial charge in [-0.05, 0) is 34.1 Å². The topological polar surface area (TPSA) is 64.3 Å². The molecule has 0 saturated heterocycles. The molecule has 0 fully saturated rings. The average molecular weight is 356 g/mol. The van der Waals surface area contributed by atoms with Crippen molar-refractivity contribution in [2.75, 3.05) is 18.2 Å². The summed E-state index contributed by atoms with van der Waals surface area (Å²) in [7, 11) is 1.49. The second-order valence-corrected chi connectivity index (χ2v) is 5.28. The number of halogens is 2. The van der Waals surface area contributed by atoms with Crippen LogP contribution in [0.4, 0.5) is 11.4 Å². The molecule has 4 nitrogen and oxygen atoms in total. The number of anilines is 2. The van der Waals surface area contributed by atoms with E-state index in [0.717, 1.165) is 0 Å². The molecule has 0 aliphatic carbocycles. The van der Waals surface area contributed by atoms with Crippen molar-refractivity contribution in [2.45, 2.75) is 0 Å². The van der Waals surface area contributed by atoms with Gasteiger partial charge in [0.1, 0.15) is 11.4 Å². The summed E-state index contributed by atoms with van der Waals surface area (Å²) in [6.07, 6.45) is 0. The molecule has 3 N–H and O–H groups in total. The highest BCUT2D eigenvalue weighted by atomic mass is 79.9. The van der Waals surface area contributed by atoms with Gasteiger partial charge in [0, 0.05) is 16.2 Å². The van der Waals surface area contributed by atoms with Crippen LogP contribution in [-0.4, -0.2) is 13.0 Å². The number of carbonyl (C=O) groups is 1. The normalized spacial score (nSPS) is 10.2. The largest absolute Gasteiger partial charge is 0.494 e. The number of methoxy groups -OCH3 is 1. The lowest BCUT2D eigenvalue weighted by Crippen LogP contribution is -2.13. The summed E-state index contributed by atoms with van der Waals surface area (Å²) in [6, 6.07) is 10.3. The van der Waals surface area contributed by atoms with E-state index in [-0.39, 0.29) is 5.91 Å². The van der Waals surface area contributed by atoms with E-state index in [9.17, 15) is 4.79 Å². The highest BCUT2D eigenvalue weighted by molar-refractivity contribution is 9.10. The summed E-state index contributed by atoms with van der Waals surface area (Å²) in [5.74, 6) is 0.123. The molecular weight excluding hydrogens is 344 g/mol. The van der Waals surface area contributed by atoms with E-state index in [4.69, 9.17) is 22.1 Å². The van der Waals surface area contributed by atoms with Gasteiger partial charge in [-0.3, -0.25) is 4.79 Å². The molecule has 0 bridgehead atoms. The SMILES string of the molecule is COc1cc(N)cc(Cl)c1NC(=O)c1ccccc1Br. The lowest BCUT2D eigenvalue weighted by atomic mass is 10.2. The molecule has 0 spiro atoms. The van der Waals surface area contributed by atoms with Crippen LogP contribution in [0.5, 0.6) is 5.75 Å². The standard InChI is InChI=1S/C14H12BrClN2O2/c1-20-12-7-8(17)6-11(16)13(12)18-14(19)9-4-2-3-5-10(9)15/h2-7H,17H2,1H3,(H,18,19). The van der Waals surface area contributed by atoms with Gasteiger partial charge in [-0.1, -0.05) is 23.7 Å². The lowest BCUT2D eigenvalue weighted by Gasteiger charge is -2.13. The van der Waals surface area contributed by atoms with Gasteiger partial charge in [0.05, 0.1) is 17.7 Å². The van der Waals surface area contributed by atoms with Crippen LogP contribution in [0, 0.1) is 0 Å². The van der Waals surface area contributed by atoms with Crippen LogP contribution < -0.4 is 15.8 Å². The highest BCUT2D eigenvalue weighted by Gasteiger charge is 2.15. The molecule has 0 heterocycles. The second-order valence-electron chi connectivity index (χ2n) is 4.01. The predicted molar refractivity (Wildman–Crippen MR) is 84.5 cm³/mol. The maximum atomic E-state index is 12.3. The average Bonchev–Trinajstić information content (AvgIpc) is 2.41. The van der Waals surface area contributed by atoms with Gasteiger partial charge < -0.3 is 15.8 Å². The summed E-state index contributed by atoms with van der Waals surface area (Å²) in [4.78, 5) is 12.3. The Hall–Kier alpha value is -1.72. The van der Waals surface area contributed by atoms with Crippen molar-refractivity contribution in [3.8, 4) is 5.75 Å². The minimum atomic E-state index is -0.289. The zero-order valence-electron chi connectivity index (χ0n) is 10.6. The third-order valence-corrected chi connectivity index (χ3v) is 3.64. The molecule has 20 heavy (non-hydrogen) atoms. The Kier molecular flexibility index (Phi) is 4.52. The monoisotopic (exact) mass is 354 g/mol. The molecule has 6 heteroatoms. The van der Waals surface area contributed by atoms with Gasteiger partial charge in [0.2, 0.25) is 0 Å². The Morgan fingerprint density at radius 1 is 1.35 bits per heavy atom. The Bertz CT molecular complexity index is 662. The summed E-state index contributed by atoms with van der Waals surface area (Å²) < 4.78 is 5.88. The first-order valence-corrected chi connectivity index (χ1v) is 6.89. The minimum absolute atomic E-state index is 0.289. The van der Waals surface area contributed by atoms with E-state index in [0.29, 0.717) is 32.2 Å². The van der Waals surface area contributed by atoms with E-state index in [1.54, 1.807) is 30.3 Å². The number of nitrogens with one attached hydrogen (secondary N) is 1. The third kappa shape index (κ3) is 3.05. The number of nitrogen functional groups attached to an aromatic ring is 1. The minimum Gasteiger partial charge on any atom is -0.494 e. The number of hydrogen-bond acceptors (Lipinski definition) is 3. The van der Waals surface area contributed by atoms with Crippen LogP contribution in [0.25, 0.3) is 0 Å². The first-order valence-electron chi connectivity index (χ1n) is 5.72. The number of rotatable bonds is 3. The number of ether oxygens (including phenoxy) is 1. The van der Waals surface area contributed by atoms with Crippen LogP contribution in [-0.2, 0) is 0 Å². The smallest absolute Gasteiger partial charge is 0.256 e. The Morgan fingerprint density at radius 2 is 2.05 bits per heavy atom. The molecule has 0 unspecified atom stereocenters. The first-order chi connectivity index (χ1) is 9.52. The van der Waals surface area contributed by atoms with Crippen molar-refractivity contribution in [3.63, 3.8) is 0 Å². The molecule has 104 valence electrons. The van der Waals surface area contributed by atoms with Crippen LogP contribution in [0.15, 0.2) is 40.9 Å². The number of amides is 1. The first kappa shape index (κ1) is 14.7. The molecule has 2 rings (SSSR count). The van der Waals surface area contributed by atoms with E-state index in [1.165, 1.54) is 7.11 Å².